The molecule has 1 fully saturated rings. The van der Waals surface area contributed by atoms with Gasteiger partial charge in [-0.25, -0.2) is 14.5 Å². The summed E-state index contributed by atoms with van der Waals surface area (Å²) in [4.78, 5) is 20.0. The van der Waals surface area contributed by atoms with Crippen LogP contribution in [0.25, 0.3) is 22.6 Å². The molecule has 6 heterocycles. The average Bonchev–Trinajstić information content (AvgIpc) is 3.53. The number of anilines is 1. The van der Waals surface area contributed by atoms with Gasteiger partial charge in [0.2, 0.25) is 0 Å². The molecule has 9 heteroatoms. The minimum Gasteiger partial charge on any atom is -0.479 e. The van der Waals surface area contributed by atoms with Gasteiger partial charge in [0.25, 0.3) is 0 Å². The maximum Gasteiger partial charge on any atom is 0.337 e. The molecule has 4 aromatic rings. The average molecular weight is 585 g/mol. The van der Waals surface area contributed by atoms with Crippen molar-refractivity contribution in [3.8, 4) is 16.9 Å². The van der Waals surface area contributed by atoms with E-state index in [1.165, 1.54) is 25.0 Å². The minimum absolute atomic E-state index is 0.252. The molecule has 0 saturated carbocycles. The van der Waals surface area contributed by atoms with Crippen molar-refractivity contribution in [2.45, 2.75) is 98.2 Å². The third kappa shape index (κ3) is 5.92. The van der Waals surface area contributed by atoms with E-state index in [4.69, 9.17) is 19.9 Å². The van der Waals surface area contributed by atoms with Crippen LogP contribution in [0.3, 0.4) is 0 Å². The van der Waals surface area contributed by atoms with Crippen LogP contribution in [0.15, 0.2) is 36.4 Å². The molecule has 0 aliphatic carbocycles. The van der Waals surface area contributed by atoms with Crippen molar-refractivity contribution in [1.82, 2.24) is 24.4 Å². The Balaban J connectivity index is 1.55. The van der Waals surface area contributed by atoms with E-state index in [2.05, 4.69) is 47.7 Å². The summed E-state index contributed by atoms with van der Waals surface area (Å²) in [6.07, 6.45) is 6.62. The highest BCUT2D eigenvalue weighted by Gasteiger charge is 2.37. The van der Waals surface area contributed by atoms with E-state index in [-0.39, 0.29) is 5.41 Å². The van der Waals surface area contributed by atoms with Crippen LogP contribution < -0.4 is 4.90 Å². The van der Waals surface area contributed by atoms with Gasteiger partial charge < -0.3 is 14.7 Å². The lowest BCUT2D eigenvalue weighted by Crippen LogP contribution is -2.41. The van der Waals surface area contributed by atoms with Gasteiger partial charge in [-0.15, -0.1) is 0 Å². The number of carbonyl (C=O) groups is 1. The zero-order valence-corrected chi connectivity index (χ0v) is 26.4. The van der Waals surface area contributed by atoms with Crippen molar-refractivity contribution in [3.63, 3.8) is 0 Å². The number of carboxylic acid groups (broad SMARTS) is 1. The number of nitrogens with zero attached hydrogens (tertiary/aromatic N) is 6. The second kappa shape index (κ2) is 11.1. The Kier molecular flexibility index (Phi) is 7.57. The summed E-state index contributed by atoms with van der Waals surface area (Å²) in [6.45, 7) is 13.7. The molecule has 6 bridgehead atoms. The molecule has 0 radical (unpaired) electrons. The van der Waals surface area contributed by atoms with Crippen LogP contribution in [-0.2, 0) is 16.0 Å². The topological polar surface area (TPSA) is 97.8 Å². The Morgan fingerprint density at radius 1 is 1.02 bits per heavy atom. The van der Waals surface area contributed by atoms with Crippen molar-refractivity contribution < 1.29 is 14.6 Å². The molecule has 228 valence electrons. The van der Waals surface area contributed by atoms with Gasteiger partial charge in [0, 0.05) is 36.1 Å². The standard InChI is InChI=1S/C34H44N6O3/c1-22-19-25-12-8-7-9-14-34(6)15-17-38(18-16-34)31-29(30(32(41)42)43-33(3,4)5)23(2)35-28-21-27(37-40(28)31)24-11-10-13-26(20-24)39(25)36-22/h10-11,13,19-21,30H,7-9,12,14-18H2,1-6H3,(H,41,42). The number of aryl methyl sites for hydroxylation is 3. The summed E-state index contributed by atoms with van der Waals surface area (Å²) < 4.78 is 10.1. The number of rotatable bonds is 3. The van der Waals surface area contributed by atoms with Crippen LogP contribution in [0.1, 0.15) is 95.0 Å². The third-order valence-electron chi connectivity index (χ3n) is 9.04. The Labute approximate surface area is 253 Å². The summed E-state index contributed by atoms with van der Waals surface area (Å²) in [6, 6.07) is 12.5. The van der Waals surface area contributed by atoms with Gasteiger partial charge in [0.05, 0.1) is 28.2 Å². The number of ether oxygens (including phenoxy) is 1. The lowest BCUT2D eigenvalue weighted by Gasteiger charge is -2.41. The molecular formula is C34H44N6O3. The number of aliphatic carboxylic acids is 1. The van der Waals surface area contributed by atoms with Crippen molar-refractivity contribution >= 4 is 17.4 Å². The number of fused-ring (bicyclic) bond motifs is 6. The lowest BCUT2D eigenvalue weighted by atomic mass is 9.76. The Morgan fingerprint density at radius 2 is 1.79 bits per heavy atom. The molecule has 3 aliphatic rings. The Bertz CT molecular complexity index is 1650. The molecule has 1 aromatic carbocycles. The molecule has 7 rings (SSSR count). The van der Waals surface area contributed by atoms with Gasteiger partial charge in [-0.1, -0.05) is 31.9 Å². The van der Waals surface area contributed by atoms with Crippen LogP contribution in [0.4, 0.5) is 5.82 Å². The van der Waals surface area contributed by atoms with Gasteiger partial charge in [-0.05, 0) is 90.3 Å². The summed E-state index contributed by atoms with van der Waals surface area (Å²) in [7, 11) is 0. The fourth-order valence-electron chi connectivity index (χ4n) is 6.75. The zero-order valence-electron chi connectivity index (χ0n) is 26.4. The number of piperidine rings is 1. The number of hydrogen-bond donors (Lipinski definition) is 1. The highest BCUT2D eigenvalue weighted by molar-refractivity contribution is 5.79. The van der Waals surface area contributed by atoms with Crippen molar-refractivity contribution in [3.05, 3.63) is 59.0 Å². The first-order valence-electron chi connectivity index (χ1n) is 15.6. The number of aromatic nitrogens is 5. The van der Waals surface area contributed by atoms with Crippen LogP contribution in [0, 0.1) is 19.3 Å². The van der Waals surface area contributed by atoms with Gasteiger partial charge >= 0.3 is 5.97 Å². The first-order valence-corrected chi connectivity index (χ1v) is 15.6. The molecule has 0 amide bonds. The number of benzene rings is 1. The third-order valence-corrected chi connectivity index (χ3v) is 9.04. The maximum atomic E-state index is 12.7. The molecule has 43 heavy (non-hydrogen) atoms. The van der Waals surface area contributed by atoms with Crippen molar-refractivity contribution in [1.29, 1.82) is 0 Å². The molecule has 0 spiro atoms. The first-order chi connectivity index (χ1) is 20.4. The van der Waals surface area contributed by atoms with E-state index >= 15 is 0 Å². The fourth-order valence-corrected chi connectivity index (χ4v) is 6.75. The quantitative estimate of drug-likeness (QED) is 0.281. The lowest BCUT2D eigenvalue weighted by molar-refractivity contribution is -0.160. The molecule has 1 unspecified atom stereocenters. The monoisotopic (exact) mass is 584 g/mol. The van der Waals surface area contributed by atoms with Gasteiger partial charge in [0.15, 0.2) is 11.8 Å². The molecule has 1 saturated heterocycles. The number of hydrogen-bond acceptors (Lipinski definition) is 6. The SMILES string of the molecule is Cc1cc2n(n1)-c1cccc(c1)-c1cc3nc(C)c(C(OC(C)(C)C)C(=O)O)c(n3n1)N1CCC(C)(CCCCC2)CC1. The van der Waals surface area contributed by atoms with Crippen LogP contribution in [0.5, 0.6) is 0 Å². The molecule has 3 aromatic heterocycles. The second-order valence-electron chi connectivity index (χ2n) is 13.8. The summed E-state index contributed by atoms with van der Waals surface area (Å²) in [5.74, 6) is -0.253. The predicted octanol–water partition coefficient (Wildman–Crippen LogP) is 6.86. The highest BCUT2D eigenvalue weighted by Crippen LogP contribution is 2.41. The van der Waals surface area contributed by atoms with E-state index < -0.39 is 17.7 Å². The van der Waals surface area contributed by atoms with E-state index in [0.717, 1.165) is 67.2 Å². The van der Waals surface area contributed by atoms with E-state index in [1.807, 2.05) is 44.3 Å². The van der Waals surface area contributed by atoms with Crippen molar-refractivity contribution in [2.75, 3.05) is 18.0 Å². The number of carboxylic acids is 1. The van der Waals surface area contributed by atoms with Crippen LogP contribution in [-0.4, -0.2) is 54.1 Å². The molecular weight excluding hydrogens is 540 g/mol. The second-order valence-corrected chi connectivity index (χ2v) is 13.8. The van der Waals surface area contributed by atoms with Crippen LogP contribution in [0.2, 0.25) is 0 Å². The van der Waals surface area contributed by atoms with Crippen LogP contribution >= 0.6 is 0 Å². The molecule has 3 aliphatic heterocycles. The highest BCUT2D eigenvalue weighted by atomic mass is 16.5. The van der Waals surface area contributed by atoms with E-state index in [1.54, 1.807) is 0 Å². The maximum absolute atomic E-state index is 12.7. The molecule has 9 nitrogen and oxygen atoms in total. The summed E-state index contributed by atoms with van der Waals surface area (Å²) >= 11 is 0. The van der Waals surface area contributed by atoms with E-state index in [0.29, 0.717) is 16.9 Å². The predicted molar refractivity (Wildman–Crippen MR) is 168 cm³/mol. The Hall–Kier alpha value is -3.72. The summed E-state index contributed by atoms with van der Waals surface area (Å²) in [5.41, 5.74) is 6.50. The van der Waals surface area contributed by atoms with Crippen molar-refractivity contribution in [2.24, 2.45) is 5.41 Å². The largest absolute Gasteiger partial charge is 0.479 e. The smallest absolute Gasteiger partial charge is 0.337 e. The zero-order chi connectivity index (χ0) is 30.5. The normalized spacial score (nSPS) is 18.0. The summed E-state index contributed by atoms with van der Waals surface area (Å²) in [5, 5.41) is 20.4. The molecule has 1 atom stereocenters. The molecule has 1 N–H and O–H groups in total. The van der Waals surface area contributed by atoms with Gasteiger partial charge in [-0.2, -0.15) is 14.7 Å². The first kappa shape index (κ1) is 29.4. The minimum atomic E-state index is -1.17. The Morgan fingerprint density at radius 3 is 2.51 bits per heavy atom. The van der Waals surface area contributed by atoms with E-state index in [9.17, 15) is 9.90 Å². The van der Waals surface area contributed by atoms with Gasteiger partial charge in [-0.3, -0.25) is 0 Å². The van der Waals surface area contributed by atoms with Gasteiger partial charge in [0.1, 0.15) is 5.82 Å². The fraction of sp³-hybridized carbons (Fsp3) is 0.529.